The van der Waals surface area contributed by atoms with Gasteiger partial charge >= 0.3 is 5.97 Å². The Kier molecular flexibility index (Phi) is 4.69. The van der Waals surface area contributed by atoms with Crippen LogP contribution in [0.3, 0.4) is 0 Å². The molecule has 6 nitrogen and oxygen atoms in total. The van der Waals surface area contributed by atoms with Crippen LogP contribution in [-0.4, -0.2) is 20.2 Å². The third-order valence-corrected chi connectivity index (χ3v) is 5.93. The lowest BCUT2D eigenvalue weighted by atomic mass is 9.98. The van der Waals surface area contributed by atoms with E-state index in [0.717, 1.165) is 0 Å². The van der Waals surface area contributed by atoms with Crippen molar-refractivity contribution < 1.29 is 9.53 Å². The van der Waals surface area contributed by atoms with Crippen molar-refractivity contribution in [3.63, 3.8) is 0 Å². The van der Waals surface area contributed by atoms with Gasteiger partial charge in [0.2, 0.25) is 0 Å². The van der Waals surface area contributed by atoms with Gasteiger partial charge in [-0.3, -0.25) is 14.2 Å². The minimum absolute atomic E-state index is 0.190. The maximum absolute atomic E-state index is 12.4. The maximum Gasteiger partial charge on any atom is 0.312 e. The van der Waals surface area contributed by atoms with Gasteiger partial charge in [-0.2, -0.15) is 5.10 Å². The van der Waals surface area contributed by atoms with Crippen molar-refractivity contribution in [1.29, 1.82) is 0 Å². The highest BCUT2D eigenvalue weighted by Crippen LogP contribution is 2.30. The van der Waals surface area contributed by atoms with E-state index < -0.39 is 11.4 Å². The summed E-state index contributed by atoms with van der Waals surface area (Å²) in [6.07, 6.45) is 1.29. The van der Waals surface area contributed by atoms with Crippen LogP contribution in [0.4, 0.5) is 0 Å². The Labute approximate surface area is 147 Å². The molecule has 0 radical (unpaired) electrons. The Morgan fingerprint density at radius 2 is 2.14 bits per heavy atom. The average molecular weight is 489 g/mol. The first kappa shape index (κ1) is 16.8. The number of fused-ring (bicyclic) bond motifs is 1. The van der Waals surface area contributed by atoms with Crippen molar-refractivity contribution in [2.24, 2.45) is 5.41 Å². The van der Waals surface area contributed by atoms with E-state index in [1.165, 1.54) is 15.4 Å². The number of aromatic nitrogens is 3. The first-order valence-electron chi connectivity index (χ1n) is 5.92. The monoisotopic (exact) mass is 487 g/mol. The minimum Gasteiger partial charge on any atom is -0.443 e. The first-order valence-corrected chi connectivity index (χ1v) is 8.17. The number of rotatable bonds is 2. The summed E-state index contributed by atoms with van der Waals surface area (Å²) < 4.78 is 8.96. The molecular formula is C12H12BrClIN3O3. The maximum atomic E-state index is 12.4. The summed E-state index contributed by atoms with van der Waals surface area (Å²) in [5.41, 5.74) is -0.669. The second kappa shape index (κ2) is 5.88. The van der Waals surface area contributed by atoms with Gasteiger partial charge in [-0.25, -0.2) is 4.52 Å². The average Bonchev–Trinajstić information content (AvgIpc) is 2.62. The van der Waals surface area contributed by atoms with Crippen molar-refractivity contribution in [1.82, 2.24) is 14.2 Å². The molecule has 0 saturated carbocycles. The highest BCUT2D eigenvalue weighted by molar-refractivity contribution is 14.1. The van der Waals surface area contributed by atoms with Gasteiger partial charge in [-0.1, -0.05) is 11.6 Å². The number of esters is 1. The summed E-state index contributed by atoms with van der Waals surface area (Å²) in [5.74, 6) is -0.392. The molecule has 2 aromatic rings. The third-order valence-electron chi connectivity index (χ3n) is 2.70. The van der Waals surface area contributed by atoms with Crippen LogP contribution in [0, 0.1) is 8.99 Å². The standard InChI is InChI=1S/C12H12BrClIN3O3/c1-12(2,3)11(20)21-5-17-4-16-18-8(10(17)19)6(13)7(15)9(18)14/h4H,5H2,1-3H3. The van der Waals surface area contributed by atoms with Crippen LogP contribution < -0.4 is 5.56 Å². The number of halogens is 3. The minimum atomic E-state index is -0.629. The zero-order valence-corrected chi connectivity index (χ0v) is 16.0. The van der Waals surface area contributed by atoms with Gasteiger partial charge in [-0.15, -0.1) is 0 Å². The van der Waals surface area contributed by atoms with Crippen LogP contribution in [0.15, 0.2) is 15.6 Å². The molecule has 21 heavy (non-hydrogen) atoms. The molecule has 0 aliphatic carbocycles. The first-order chi connectivity index (χ1) is 9.64. The van der Waals surface area contributed by atoms with Crippen molar-refractivity contribution >= 4 is 61.6 Å². The summed E-state index contributed by atoms with van der Waals surface area (Å²) in [6, 6.07) is 0. The lowest BCUT2D eigenvalue weighted by Crippen LogP contribution is -2.29. The number of carbonyl (C=O) groups is 1. The van der Waals surface area contributed by atoms with E-state index in [-0.39, 0.29) is 12.3 Å². The Hall–Kier alpha value is -0.610. The van der Waals surface area contributed by atoms with E-state index in [0.29, 0.717) is 18.7 Å². The van der Waals surface area contributed by atoms with Gasteiger partial charge in [0.25, 0.3) is 5.56 Å². The van der Waals surface area contributed by atoms with E-state index in [1.807, 2.05) is 22.6 Å². The molecule has 0 aliphatic rings. The predicted molar refractivity (Wildman–Crippen MR) is 90.4 cm³/mol. The zero-order chi connectivity index (χ0) is 15.9. The molecule has 0 unspecified atom stereocenters. The second-order valence-corrected chi connectivity index (χ2v) is 7.63. The fourth-order valence-electron chi connectivity index (χ4n) is 1.51. The molecule has 0 bridgehead atoms. The third kappa shape index (κ3) is 3.11. The van der Waals surface area contributed by atoms with Crippen LogP contribution in [0.25, 0.3) is 5.52 Å². The molecule has 0 amide bonds. The van der Waals surface area contributed by atoms with Crippen LogP contribution in [0.5, 0.6) is 0 Å². The number of hydrogen-bond donors (Lipinski definition) is 0. The second-order valence-electron chi connectivity index (χ2n) is 5.40. The van der Waals surface area contributed by atoms with Crippen LogP contribution >= 0.6 is 50.1 Å². The van der Waals surface area contributed by atoms with Gasteiger partial charge in [0.1, 0.15) is 17.0 Å². The fourth-order valence-corrected chi connectivity index (χ4v) is 2.86. The Morgan fingerprint density at radius 1 is 1.52 bits per heavy atom. The lowest BCUT2D eigenvalue weighted by molar-refractivity contribution is -0.157. The van der Waals surface area contributed by atoms with Gasteiger partial charge < -0.3 is 4.74 Å². The molecule has 2 heterocycles. The number of carbonyl (C=O) groups excluding carboxylic acids is 1. The van der Waals surface area contributed by atoms with Crippen LogP contribution in [-0.2, 0) is 16.3 Å². The quantitative estimate of drug-likeness (QED) is 0.482. The van der Waals surface area contributed by atoms with E-state index in [1.54, 1.807) is 20.8 Å². The molecule has 2 aromatic heterocycles. The lowest BCUT2D eigenvalue weighted by Gasteiger charge is -2.16. The number of hydrogen-bond acceptors (Lipinski definition) is 4. The number of ether oxygens (including phenoxy) is 1. The normalized spacial score (nSPS) is 11.9. The highest BCUT2D eigenvalue weighted by Gasteiger charge is 2.24. The van der Waals surface area contributed by atoms with Crippen LogP contribution in [0.1, 0.15) is 20.8 Å². The Balaban J connectivity index is 2.40. The summed E-state index contributed by atoms with van der Waals surface area (Å²) in [7, 11) is 0. The largest absolute Gasteiger partial charge is 0.443 e. The molecule has 9 heteroatoms. The highest BCUT2D eigenvalue weighted by atomic mass is 127. The molecule has 0 saturated heterocycles. The summed E-state index contributed by atoms with van der Waals surface area (Å²) in [5, 5.41) is 4.44. The van der Waals surface area contributed by atoms with Crippen molar-refractivity contribution in [3.05, 3.63) is 29.9 Å². The molecule has 0 fully saturated rings. The molecule has 0 N–H and O–H groups in total. The van der Waals surface area contributed by atoms with E-state index in [4.69, 9.17) is 16.3 Å². The molecule has 0 aromatic carbocycles. The molecule has 2 rings (SSSR count). The van der Waals surface area contributed by atoms with E-state index in [2.05, 4.69) is 21.0 Å². The zero-order valence-electron chi connectivity index (χ0n) is 11.5. The predicted octanol–water partition coefficient (Wildman–Crippen LogP) is 3.06. The van der Waals surface area contributed by atoms with Crippen molar-refractivity contribution in [3.8, 4) is 0 Å². The molecule has 114 valence electrons. The molecular weight excluding hydrogens is 476 g/mol. The van der Waals surface area contributed by atoms with Crippen molar-refractivity contribution in [2.75, 3.05) is 0 Å². The Morgan fingerprint density at radius 3 is 2.71 bits per heavy atom. The summed E-state index contributed by atoms with van der Waals surface area (Å²) >= 11 is 11.4. The summed E-state index contributed by atoms with van der Waals surface area (Å²) in [6.45, 7) is 5.03. The van der Waals surface area contributed by atoms with E-state index >= 15 is 0 Å². The summed E-state index contributed by atoms with van der Waals surface area (Å²) in [4.78, 5) is 24.1. The van der Waals surface area contributed by atoms with Crippen molar-refractivity contribution in [2.45, 2.75) is 27.5 Å². The van der Waals surface area contributed by atoms with Gasteiger partial charge in [0.05, 0.1) is 13.5 Å². The van der Waals surface area contributed by atoms with Crippen LogP contribution in [0.2, 0.25) is 5.15 Å². The van der Waals surface area contributed by atoms with Gasteiger partial charge in [0, 0.05) is 0 Å². The Bertz CT molecular complexity index is 779. The SMILES string of the molecule is CC(C)(C)C(=O)OCn1cnn2c(Cl)c(I)c(Br)c2c1=O. The molecule has 0 aliphatic heterocycles. The van der Waals surface area contributed by atoms with Gasteiger partial charge in [-0.05, 0) is 59.3 Å². The molecule has 0 atom stereocenters. The molecule has 0 spiro atoms. The fraction of sp³-hybridized carbons (Fsp3) is 0.417. The van der Waals surface area contributed by atoms with Gasteiger partial charge in [0.15, 0.2) is 6.73 Å². The number of nitrogens with zero attached hydrogens (tertiary/aromatic N) is 3. The van der Waals surface area contributed by atoms with E-state index in [9.17, 15) is 9.59 Å². The topological polar surface area (TPSA) is 65.6 Å². The smallest absolute Gasteiger partial charge is 0.312 e.